The molecule has 0 spiro atoms. The molecule has 1 saturated heterocycles. The van der Waals surface area contributed by atoms with Crippen LogP contribution in [0.5, 0.6) is 5.75 Å². The number of aliphatic hydroxyl groups is 1. The number of hydrogen-bond acceptors (Lipinski definition) is 7. The third-order valence-corrected chi connectivity index (χ3v) is 7.82. The van der Waals surface area contributed by atoms with Gasteiger partial charge >= 0.3 is 0 Å². The van der Waals surface area contributed by atoms with Crippen LogP contribution in [0.4, 0.5) is 15.9 Å². The Labute approximate surface area is 292 Å². The van der Waals surface area contributed by atoms with Gasteiger partial charge in [-0.1, -0.05) is 51.1 Å². The summed E-state index contributed by atoms with van der Waals surface area (Å²) in [5.41, 5.74) is 7.45. The molecule has 0 bridgehead atoms. The number of anilines is 2. The van der Waals surface area contributed by atoms with Crippen molar-refractivity contribution in [2.75, 3.05) is 29.9 Å². The first-order chi connectivity index (χ1) is 23.2. The smallest absolute Gasteiger partial charge is 0.290 e. The minimum atomic E-state index is -0.500. The van der Waals surface area contributed by atoms with E-state index in [0.717, 1.165) is 72.0 Å². The zero-order chi connectivity index (χ0) is 36.6. The maximum atomic E-state index is 13.2. The summed E-state index contributed by atoms with van der Waals surface area (Å²) in [6, 6.07) is 14.8. The second kappa shape index (κ2) is 19.5. The van der Waals surface area contributed by atoms with Gasteiger partial charge in [-0.05, 0) is 113 Å². The summed E-state index contributed by atoms with van der Waals surface area (Å²) >= 11 is 0. The number of carbonyl (C=O) groups is 1. The van der Waals surface area contributed by atoms with E-state index in [1.54, 1.807) is 39.1 Å². The first-order valence-electron chi connectivity index (χ1n) is 16.8. The standard InChI is InChI=1S/C35H43FN4O.C4H10O.CH2O2/c1-7-9-29(24-37-6)39-34-32(33(31(8-2)25(3)38-34)40-21-19-35(4,5)20-22-40)27-12-16-30(17-13-27)41-23-18-26-10-14-28(36)15-11-26;1-4(2,3)5;2-1-3/h7,9-17,24H,6,8,18-23H2,1-5H3,(H,38,39);5H,1-3H3;1H,(H,2,3)/b9-7-,29-24+;;. The molecule has 1 aliphatic heterocycles. The van der Waals surface area contributed by atoms with Gasteiger partial charge < -0.3 is 25.2 Å². The summed E-state index contributed by atoms with van der Waals surface area (Å²) in [7, 11) is 0. The number of allylic oxidation sites excluding steroid dienone is 2. The molecule has 0 saturated carbocycles. The summed E-state index contributed by atoms with van der Waals surface area (Å²) in [6.07, 6.45) is 9.57. The van der Waals surface area contributed by atoms with Crippen molar-refractivity contribution in [3.8, 4) is 16.9 Å². The van der Waals surface area contributed by atoms with Gasteiger partial charge in [0, 0.05) is 37.0 Å². The van der Waals surface area contributed by atoms with Crippen molar-refractivity contribution in [1.82, 2.24) is 4.98 Å². The van der Waals surface area contributed by atoms with Gasteiger partial charge in [0.2, 0.25) is 0 Å². The van der Waals surface area contributed by atoms with Crippen LogP contribution in [-0.4, -0.2) is 53.7 Å². The van der Waals surface area contributed by atoms with Gasteiger partial charge in [-0.3, -0.25) is 9.79 Å². The first kappa shape index (κ1) is 40.7. The number of rotatable bonds is 11. The number of nitrogens with one attached hydrogen (secondary N) is 1. The number of aliphatic imine (C=N–C) groups is 1. The quantitative estimate of drug-likeness (QED) is 0.106. The summed E-state index contributed by atoms with van der Waals surface area (Å²) in [4.78, 5) is 20.0. The Hall–Kier alpha value is -4.50. The Kier molecular flexibility index (Phi) is 16.2. The van der Waals surface area contributed by atoms with Crippen LogP contribution in [0.25, 0.3) is 11.1 Å². The number of aryl methyl sites for hydroxylation is 1. The monoisotopic (exact) mass is 674 g/mol. The van der Waals surface area contributed by atoms with E-state index in [1.165, 1.54) is 23.4 Å². The average Bonchev–Trinajstić information content (AvgIpc) is 3.02. The summed E-state index contributed by atoms with van der Waals surface area (Å²) in [6.45, 7) is 22.2. The van der Waals surface area contributed by atoms with Gasteiger partial charge in [0.15, 0.2) is 0 Å². The van der Waals surface area contributed by atoms with E-state index in [0.29, 0.717) is 18.4 Å². The number of carboxylic acid groups (broad SMARTS) is 1. The highest BCUT2D eigenvalue weighted by Gasteiger charge is 2.30. The van der Waals surface area contributed by atoms with Crippen molar-refractivity contribution >= 4 is 24.7 Å². The molecule has 1 aliphatic rings. The molecule has 0 atom stereocenters. The fourth-order valence-electron chi connectivity index (χ4n) is 5.38. The number of hydrogen-bond donors (Lipinski definition) is 3. The lowest BCUT2D eigenvalue weighted by atomic mass is 9.82. The van der Waals surface area contributed by atoms with E-state index in [9.17, 15) is 4.39 Å². The molecule has 49 heavy (non-hydrogen) atoms. The maximum absolute atomic E-state index is 13.2. The topological polar surface area (TPSA) is 107 Å². The third kappa shape index (κ3) is 13.9. The van der Waals surface area contributed by atoms with Crippen molar-refractivity contribution < 1.29 is 24.1 Å². The molecular formula is C40H55FN4O4. The highest BCUT2D eigenvalue weighted by atomic mass is 19.1. The van der Waals surface area contributed by atoms with Crippen molar-refractivity contribution in [2.24, 2.45) is 10.4 Å². The van der Waals surface area contributed by atoms with Crippen molar-refractivity contribution in [1.29, 1.82) is 0 Å². The van der Waals surface area contributed by atoms with Crippen molar-refractivity contribution in [3.05, 3.63) is 95.2 Å². The highest BCUT2D eigenvalue weighted by molar-refractivity contribution is 5.90. The van der Waals surface area contributed by atoms with E-state index >= 15 is 0 Å². The zero-order valence-corrected chi connectivity index (χ0v) is 30.5. The maximum Gasteiger partial charge on any atom is 0.290 e. The number of pyridine rings is 1. The van der Waals surface area contributed by atoms with E-state index < -0.39 is 5.60 Å². The molecule has 0 radical (unpaired) electrons. The van der Waals surface area contributed by atoms with Gasteiger partial charge in [0.1, 0.15) is 17.4 Å². The molecule has 8 nitrogen and oxygen atoms in total. The lowest BCUT2D eigenvalue weighted by Gasteiger charge is -2.40. The van der Waals surface area contributed by atoms with Crippen LogP contribution in [0, 0.1) is 18.2 Å². The van der Waals surface area contributed by atoms with E-state index in [4.69, 9.17) is 24.7 Å². The normalized spacial score (nSPS) is 14.2. The number of benzene rings is 2. The Morgan fingerprint density at radius 3 is 2.20 bits per heavy atom. The molecule has 9 heteroatoms. The Bertz CT molecular complexity index is 1530. The van der Waals surface area contributed by atoms with E-state index in [-0.39, 0.29) is 12.3 Å². The van der Waals surface area contributed by atoms with Crippen molar-refractivity contribution in [2.45, 2.75) is 86.7 Å². The zero-order valence-electron chi connectivity index (χ0n) is 30.5. The van der Waals surface area contributed by atoms with E-state index in [1.807, 2.05) is 31.2 Å². The van der Waals surface area contributed by atoms with Crippen LogP contribution < -0.4 is 15.0 Å². The second-order valence-electron chi connectivity index (χ2n) is 13.7. The molecule has 2 aromatic carbocycles. The number of piperidine rings is 1. The van der Waals surface area contributed by atoms with Gasteiger partial charge in [0.05, 0.1) is 23.6 Å². The van der Waals surface area contributed by atoms with Crippen LogP contribution in [0.2, 0.25) is 0 Å². The molecule has 0 aliphatic carbocycles. The van der Waals surface area contributed by atoms with Gasteiger partial charge in [-0.15, -0.1) is 0 Å². The summed E-state index contributed by atoms with van der Waals surface area (Å²) in [5, 5.41) is 19.0. The van der Waals surface area contributed by atoms with Crippen LogP contribution in [0.15, 0.2) is 77.6 Å². The molecular weight excluding hydrogens is 619 g/mol. The van der Waals surface area contributed by atoms with Crippen LogP contribution in [-0.2, 0) is 17.6 Å². The fraction of sp³-hybridized carbons (Fsp3) is 0.425. The minimum Gasteiger partial charge on any atom is -0.493 e. The number of nitrogens with zero attached hydrogens (tertiary/aromatic N) is 3. The number of aromatic nitrogens is 1. The van der Waals surface area contributed by atoms with Gasteiger partial charge in [-0.2, -0.15) is 0 Å². The molecule has 3 aromatic rings. The van der Waals surface area contributed by atoms with Gasteiger partial charge in [-0.25, -0.2) is 9.37 Å². The SMILES string of the molecule is C=N/C=C(\C=C/C)Nc1nc(C)c(CC)c(N2CCC(C)(C)CC2)c1-c1ccc(OCCc2ccc(F)cc2)cc1.CC(C)(C)O.O=CO. The summed E-state index contributed by atoms with van der Waals surface area (Å²) < 4.78 is 19.3. The fourth-order valence-corrected chi connectivity index (χ4v) is 5.38. The lowest BCUT2D eigenvalue weighted by molar-refractivity contribution is -0.122. The first-order valence-corrected chi connectivity index (χ1v) is 16.8. The molecule has 3 N–H and O–H groups in total. The number of ether oxygens (including phenoxy) is 1. The average molecular weight is 675 g/mol. The lowest BCUT2D eigenvalue weighted by Crippen LogP contribution is -2.38. The molecule has 1 aromatic heterocycles. The molecule has 1 fully saturated rings. The minimum absolute atomic E-state index is 0.224. The molecule has 0 unspecified atom stereocenters. The largest absolute Gasteiger partial charge is 0.493 e. The van der Waals surface area contributed by atoms with Gasteiger partial charge in [0.25, 0.3) is 6.47 Å². The molecule has 0 amide bonds. The van der Waals surface area contributed by atoms with Crippen LogP contribution >= 0.6 is 0 Å². The number of halogens is 1. The Balaban J connectivity index is 0.000000939. The predicted octanol–water partition coefficient (Wildman–Crippen LogP) is 9.01. The van der Waals surface area contributed by atoms with E-state index in [2.05, 4.69) is 61.8 Å². The van der Waals surface area contributed by atoms with Crippen LogP contribution in [0.3, 0.4) is 0 Å². The Morgan fingerprint density at radius 2 is 1.69 bits per heavy atom. The molecule has 4 rings (SSSR count). The predicted molar refractivity (Wildman–Crippen MR) is 201 cm³/mol. The molecule has 266 valence electrons. The Morgan fingerprint density at radius 1 is 1.12 bits per heavy atom. The second-order valence-corrected chi connectivity index (χ2v) is 13.7. The third-order valence-electron chi connectivity index (χ3n) is 7.82. The van der Waals surface area contributed by atoms with Crippen LogP contribution in [0.1, 0.15) is 78.1 Å². The summed E-state index contributed by atoms with van der Waals surface area (Å²) in [5.74, 6) is 1.38. The molecule has 2 heterocycles. The highest BCUT2D eigenvalue weighted by Crippen LogP contribution is 2.44. The van der Waals surface area contributed by atoms with Crippen molar-refractivity contribution in [3.63, 3.8) is 0 Å².